The van der Waals surface area contributed by atoms with E-state index >= 15 is 0 Å². The molecule has 0 bridgehead atoms. The van der Waals surface area contributed by atoms with E-state index in [9.17, 15) is 8.42 Å². The largest absolute Gasteiger partial charge is 0.380 e. The molecular weight excluding hydrogens is 376 g/mol. The normalized spacial score (nSPS) is 19.5. The Bertz CT molecular complexity index is 568. The summed E-state index contributed by atoms with van der Waals surface area (Å²) >= 11 is 4.86. The lowest BCUT2D eigenvalue weighted by Crippen LogP contribution is -2.37. The van der Waals surface area contributed by atoms with Crippen molar-refractivity contribution in [2.75, 3.05) is 26.8 Å². The second kappa shape index (κ2) is 7.52. The van der Waals surface area contributed by atoms with Crippen molar-refractivity contribution in [2.24, 2.45) is 0 Å². The second-order valence-electron chi connectivity index (χ2n) is 5.07. The van der Waals surface area contributed by atoms with Crippen molar-refractivity contribution in [2.45, 2.75) is 37.2 Å². The van der Waals surface area contributed by atoms with Crippen molar-refractivity contribution >= 4 is 37.3 Å². The standard InChI is InChI=1S/C13H21BrN2O3S2/c1-3-5-15-8-11-7-12(13(14)20-11)21(17,18)16(2)10-4-6-19-9-10/h7,10,15H,3-6,8-9H2,1-2H3. The third-order valence-electron chi connectivity index (χ3n) is 3.51. The van der Waals surface area contributed by atoms with Crippen molar-refractivity contribution in [1.82, 2.24) is 9.62 Å². The molecule has 1 aliphatic heterocycles. The SMILES string of the molecule is CCCNCc1cc(S(=O)(=O)N(C)C2CCOC2)c(Br)s1. The minimum Gasteiger partial charge on any atom is -0.380 e. The van der Waals surface area contributed by atoms with Crippen LogP contribution in [0.1, 0.15) is 24.6 Å². The molecule has 1 saturated heterocycles. The molecule has 21 heavy (non-hydrogen) atoms. The van der Waals surface area contributed by atoms with Gasteiger partial charge in [0.2, 0.25) is 10.0 Å². The summed E-state index contributed by atoms with van der Waals surface area (Å²) in [5.74, 6) is 0. The number of hydrogen-bond acceptors (Lipinski definition) is 5. The molecule has 1 N–H and O–H groups in total. The molecule has 5 nitrogen and oxygen atoms in total. The molecule has 0 amide bonds. The van der Waals surface area contributed by atoms with E-state index in [2.05, 4.69) is 28.2 Å². The van der Waals surface area contributed by atoms with Crippen LogP contribution in [-0.2, 0) is 21.3 Å². The van der Waals surface area contributed by atoms with Crippen LogP contribution < -0.4 is 5.32 Å². The summed E-state index contributed by atoms with van der Waals surface area (Å²) < 4.78 is 32.8. The number of ether oxygens (including phenoxy) is 1. The Balaban J connectivity index is 2.15. The summed E-state index contributed by atoms with van der Waals surface area (Å²) in [6.45, 7) is 4.83. The van der Waals surface area contributed by atoms with Gasteiger partial charge in [0, 0.05) is 25.1 Å². The molecule has 1 unspecified atom stereocenters. The summed E-state index contributed by atoms with van der Waals surface area (Å²) in [6, 6.07) is 1.70. The zero-order valence-corrected chi connectivity index (χ0v) is 15.5. The highest BCUT2D eigenvalue weighted by Gasteiger charge is 2.32. The lowest BCUT2D eigenvalue weighted by atomic mass is 10.3. The Morgan fingerprint density at radius 1 is 1.57 bits per heavy atom. The molecule has 2 heterocycles. The van der Waals surface area contributed by atoms with Gasteiger partial charge < -0.3 is 10.1 Å². The maximum absolute atomic E-state index is 12.7. The van der Waals surface area contributed by atoms with Crippen LogP contribution in [0.5, 0.6) is 0 Å². The van der Waals surface area contributed by atoms with Gasteiger partial charge in [-0.05, 0) is 41.4 Å². The number of nitrogens with zero attached hydrogens (tertiary/aromatic N) is 1. The summed E-state index contributed by atoms with van der Waals surface area (Å²) in [7, 11) is -1.84. The first kappa shape index (κ1) is 17.4. The third kappa shape index (κ3) is 4.05. The highest BCUT2D eigenvalue weighted by Crippen LogP contribution is 2.34. The Morgan fingerprint density at radius 2 is 2.33 bits per heavy atom. The van der Waals surface area contributed by atoms with E-state index in [0.717, 1.165) is 24.3 Å². The van der Waals surface area contributed by atoms with Crippen LogP contribution in [0.4, 0.5) is 0 Å². The Kier molecular flexibility index (Phi) is 6.22. The fraction of sp³-hybridized carbons (Fsp3) is 0.692. The number of thiophene rings is 1. The Labute approximate surface area is 138 Å². The fourth-order valence-electron chi connectivity index (χ4n) is 2.21. The molecular formula is C13H21BrN2O3S2. The summed E-state index contributed by atoms with van der Waals surface area (Å²) in [5, 5.41) is 3.29. The van der Waals surface area contributed by atoms with Crippen LogP contribution >= 0.6 is 27.3 Å². The molecule has 8 heteroatoms. The van der Waals surface area contributed by atoms with E-state index in [1.165, 1.54) is 15.6 Å². The van der Waals surface area contributed by atoms with Gasteiger partial charge >= 0.3 is 0 Å². The number of likely N-dealkylation sites (N-methyl/N-ethyl adjacent to an activating group) is 1. The predicted molar refractivity (Wildman–Crippen MR) is 88.2 cm³/mol. The Hall–Kier alpha value is 0.01000. The fourth-order valence-corrected chi connectivity index (χ4v) is 6.18. The first-order valence-electron chi connectivity index (χ1n) is 7.01. The van der Waals surface area contributed by atoms with Gasteiger partial charge in [0.1, 0.15) is 4.90 Å². The van der Waals surface area contributed by atoms with Crippen LogP contribution in [0, 0.1) is 0 Å². The maximum Gasteiger partial charge on any atom is 0.245 e. The monoisotopic (exact) mass is 396 g/mol. The van der Waals surface area contributed by atoms with E-state index in [1.54, 1.807) is 13.1 Å². The van der Waals surface area contributed by atoms with Crippen LogP contribution in [-0.4, -0.2) is 45.6 Å². The van der Waals surface area contributed by atoms with Crippen LogP contribution in [0.3, 0.4) is 0 Å². The second-order valence-corrected chi connectivity index (χ2v) is 9.49. The molecule has 0 spiro atoms. The van der Waals surface area contributed by atoms with Crippen molar-refractivity contribution < 1.29 is 13.2 Å². The molecule has 1 fully saturated rings. The van der Waals surface area contributed by atoms with Crippen LogP contribution in [0.15, 0.2) is 14.7 Å². The molecule has 0 aliphatic carbocycles. The smallest absolute Gasteiger partial charge is 0.245 e. The lowest BCUT2D eigenvalue weighted by molar-refractivity contribution is 0.181. The molecule has 1 atom stereocenters. The molecule has 1 aromatic heterocycles. The van der Waals surface area contributed by atoms with Crippen molar-refractivity contribution in [3.8, 4) is 0 Å². The summed E-state index contributed by atoms with van der Waals surface area (Å²) in [5.41, 5.74) is 0. The average Bonchev–Trinajstić information content (AvgIpc) is 3.08. The van der Waals surface area contributed by atoms with E-state index in [-0.39, 0.29) is 6.04 Å². The van der Waals surface area contributed by atoms with Crippen molar-refractivity contribution in [3.05, 3.63) is 14.7 Å². The van der Waals surface area contributed by atoms with Crippen LogP contribution in [0.25, 0.3) is 0 Å². The highest BCUT2D eigenvalue weighted by atomic mass is 79.9. The highest BCUT2D eigenvalue weighted by molar-refractivity contribution is 9.11. The first-order valence-corrected chi connectivity index (χ1v) is 10.1. The first-order chi connectivity index (χ1) is 9.96. The van der Waals surface area contributed by atoms with Gasteiger partial charge in [-0.3, -0.25) is 0 Å². The zero-order valence-electron chi connectivity index (χ0n) is 12.3. The lowest BCUT2D eigenvalue weighted by Gasteiger charge is -2.22. The number of nitrogens with one attached hydrogen (secondary N) is 1. The maximum atomic E-state index is 12.7. The number of halogens is 1. The minimum atomic E-state index is -3.47. The predicted octanol–water partition coefficient (Wildman–Crippen LogP) is 2.42. The molecule has 120 valence electrons. The van der Waals surface area contributed by atoms with Crippen molar-refractivity contribution in [3.63, 3.8) is 0 Å². The van der Waals surface area contributed by atoms with Gasteiger partial charge in [0.25, 0.3) is 0 Å². The van der Waals surface area contributed by atoms with Crippen molar-refractivity contribution in [1.29, 1.82) is 0 Å². The van der Waals surface area contributed by atoms with Gasteiger partial charge in [-0.1, -0.05) is 6.92 Å². The van der Waals surface area contributed by atoms with E-state index < -0.39 is 10.0 Å². The molecule has 1 aromatic rings. The van der Waals surface area contributed by atoms with Gasteiger partial charge in [-0.15, -0.1) is 11.3 Å². The summed E-state index contributed by atoms with van der Waals surface area (Å²) in [6.07, 6.45) is 1.81. The third-order valence-corrected chi connectivity index (χ3v) is 7.67. The van der Waals surface area contributed by atoms with Crippen LogP contribution in [0.2, 0.25) is 0 Å². The average molecular weight is 397 g/mol. The summed E-state index contributed by atoms with van der Waals surface area (Å²) in [4.78, 5) is 1.38. The van der Waals surface area contributed by atoms with E-state index in [1.807, 2.05) is 0 Å². The molecule has 0 aromatic carbocycles. The molecule has 0 radical (unpaired) electrons. The number of sulfonamides is 1. The van der Waals surface area contributed by atoms with Gasteiger partial charge in [-0.25, -0.2) is 8.42 Å². The minimum absolute atomic E-state index is 0.0662. The number of rotatable bonds is 7. The molecule has 2 rings (SSSR count). The van der Waals surface area contributed by atoms with Gasteiger partial charge in [0.05, 0.1) is 16.4 Å². The van der Waals surface area contributed by atoms with E-state index in [4.69, 9.17) is 4.74 Å². The van der Waals surface area contributed by atoms with E-state index in [0.29, 0.717) is 28.4 Å². The van der Waals surface area contributed by atoms with Gasteiger partial charge in [0.15, 0.2) is 0 Å². The zero-order chi connectivity index (χ0) is 15.5. The molecule has 0 saturated carbocycles. The van der Waals surface area contributed by atoms with Gasteiger partial charge in [-0.2, -0.15) is 4.31 Å². The Morgan fingerprint density at radius 3 is 2.95 bits per heavy atom. The topological polar surface area (TPSA) is 58.6 Å². The number of hydrogen-bond donors (Lipinski definition) is 1. The quantitative estimate of drug-likeness (QED) is 0.718. The molecule has 1 aliphatic rings.